The maximum atomic E-state index is 12.8. The first-order valence-corrected chi connectivity index (χ1v) is 11.6. The van der Waals surface area contributed by atoms with Crippen molar-refractivity contribution in [1.82, 2.24) is 0 Å². The molecule has 32 heavy (non-hydrogen) atoms. The number of esters is 2. The zero-order valence-corrected chi connectivity index (χ0v) is 20.6. The van der Waals surface area contributed by atoms with Crippen molar-refractivity contribution in [2.75, 3.05) is 0 Å². The lowest BCUT2D eigenvalue weighted by molar-refractivity contribution is -0.163. The lowest BCUT2D eigenvalue weighted by Gasteiger charge is -2.27. The molecule has 0 aromatic heterocycles. The minimum absolute atomic E-state index is 0.00385. The average Bonchev–Trinajstić information content (AvgIpc) is 2.73. The molecule has 2 aromatic carbocycles. The Kier molecular flexibility index (Phi) is 9.06. The molecule has 174 valence electrons. The molecule has 0 aliphatic carbocycles. The van der Waals surface area contributed by atoms with E-state index in [1.54, 1.807) is 6.92 Å². The van der Waals surface area contributed by atoms with Gasteiger partial charge in [-0.15, -0.1) is 0 Å². The van der Waals surface area contributed by atoms with Gasteiger partial charge in [0.15, 0.2) is 0 Å². The van der Waals surface area contributed by atoms with Crippen LogP contribution in [0.5, 0.6) is 0 Å². The van der Waals surface area contributed by atoms with E-state index in [0.717, 1.165) is 24.0 Å². The number of hydrogen-bond donors (Lipinski definition) is 0. The van der Waals surface area contributed by atoms with Gasteiger partial charge >= 0.3 is 11.9 Å². The number of hydrogen-bond acceptors (Lipinski definition) is 4. The minimum atomic E-state index is -0.575. The highest BCUT2D eigenvalue weighted by Crippen LogP contribution is 2.31. The fourth-order valence-corrected chi connectivity index (χ4v) is 3.74. The van der Waals surface area contributed by atoms with Gasteiger partial charge in [0.2, 0.25) is 0 Å². The maximum Gasteiger partial charge on any atom is 0.309 e. The summed E-state index contributed by atoms with van der Waals surface area (Å²) in [4.78, 5) is 24.9. The maximum absolute atomic E-state index is 12.8. The molecule has 2 rings (SSSR count). The molecular formula is C28H38O4. The third kappa shape index (κ3) is 7.51. The first-order valence-electron chi connectivity index (χ1n) is 11.6. The molecule has 0 N–H and O–H groups in total. The summed E-state index contributed by atoms with van der Waals surface area (Å²) < 4.78 is 11.2. The van der Waals surface area contributed by atoms with Crippen LogP contribution in [0.1, 0.15) is 83.1 Å². The zero-order valence-electron chi connectivity index (χ0n) is 20.6. The minimum Gasteiger partial charge on any atom is -0.461 e. The Hall–Kier alpha value is -2.62. The number of ether oxygens (including phenoxy) is 2. The second-order valence-electron chi connectivity index (χ2n) is 9.50. The summed E-state index contributed by atoms with van der Waals surface area (Å²) in [5, 5.41) is 0. The SMILES string of the molecule is CCc1ccc(C(c2ccc(CC)cc2)[C@H](C)OC(=O)[C@H](C)CC(=O)OC(C)(C)C)cc1. The van der Waals surface area contributed by atoms with E-state index in [2.05, 4.69) is 62.4 Å². The Balaban J connectivity index is 2.20. The van der Waals surface area contributed by atoms with Gasteiger partial charge in [-0.3, -0.25) is 9.59 Å². The van der Waals surface area contributed by atoms with Crippen molar-refractivity contribution in [3.8, 4) is 0 Å². The lowest BCUT2D eigenvalue weighted by Crippen LogP contribution is -2.30. The van der Waals surface area contributed by atoms with E-state index in [-0.39, 0.29) is 24.4 Å². The second kappa shape index (κ2) is 11.3. The molecule has 0 aliphatic rings. The molecule has 0 aliphatic heterocycles. The van der Waals surface area contributed by atoms with Gasteiger partial charge in [-0.2, -0.15) is 0 Å². The van der Waals surface area contributed by atoms with E-state index in [1.807, 2.05) is 27.7 Å². The summed E-state index contributed by atoms with van der Waals surface area (Å²) in [7, 11) is 0. The van der Waals surface area contributed by atoms with Crippen LogP contribution >= 0.6 is 0 Å². The summed E-state index contributed by atoms with van der Waals surface area (Å²) in [6.45, 7) is 13.3. The fraction of sp³-hybridized carbons (Fsp3) is 0.500. The normalized spacial score (nSPS) is 13.5. The van der Waals surface area contributed by atoms with Gasteiger partial charge in [-0.05, 0) is 62.8 Å². The van der Waals surface area contributed by atoms with Gasteiger partial charge in [0, 0.05) is 5.92 Å². The van der Waals surface area contributed by atoms with Crippen LogP contribution in [-0.4, -0.2) is 23.6 Å². The van der Waals surface area contributed by atoms with Crippen LogP contribution in [0.25, 0.3) is 0 Å². The number of benzene rings is 2. The quantitative estimate of drug-likeness (QED) is 0.435. The molecule has 0 unspecified atom stereocenters. The number of rotatable bonds is 9. The third-order valence-corrected chi connectivity index (χ3v) is 5.56. The van der Waals surface area contributed by atoms with Crippen molar-refractivity contribution in [3.05, 3.63) is 70.8 Å². The van der Waals surface area contributed by atoms with E-state index in [4.69, 9.17) is 9.47 Å². The molecule has 0 heterocycles. The van der Waals surface area contributed by atoms with Crippen LogP contribution in [0.15, 0.2) is 48.5 Å². The highest BCUT2D eigenvalue weighted by atomic mass is 16.6. The summed E-state index contributed by atoms with van der Waals surface area (Å²) in [5.41, 5.74) is 4.17. The topological polar surface area (TPSA) is 52.6 Å². The van der Waals surface area contributed by atoms with Crippen molar-refractivity contribution in [3.63, 3.8) is 0 Å². The van der Waals surface area contributed by atoms with Gasteiger partial charge < -0.3 is 9.47 Å². The predicted molar refractivity (Wildman–Crippen MR) is 129 cm³/mol. The highest BCUT2D eigenvalue weighted by Gasteiger charge is 2.28. The number of aryl methyl sites for hydroxylation is 2. The van der Waals surface area contributed by atoms with Crippen LogP contribution in [0.3, 0.4) is 0 Å². The van der Waals surface area contributed by atoms with Gasteiger partial charge in [0.25, 0.3) is 0 Å². The standard InChI is InChI=1S/C28H38O4/c1-8-21-10-14-23(15-11-21)26(24-16-12-22(9-2)13-17-24)20(4)31-27(30)19(3)18-25(29)32-28(5,6)7/h10-17,19-20,26H,8-9,18H2,1-7H3/t19-,20+/m1/s1. The predicted octanol–water partition coefficient (Wildman–Crippen LogP) is 6.24. The summed E-state index contributed by atoms with van der Waals surface area (Å²) >= 11 is 0. The summed E-state index contributed by atoms with van der Waals surface area (Å²) in [6, 6.07) is 17.0. The molecule has 0 saturated carbocycles. The van der Waals surface area contributed by atoms with Crippen LogP contribution in [0.2, 0.25) is 0 Å². The molecule has 0 bridgehead atoms. The average molecular weight is 439 g/mol. The molecule has 0 radical (unpaired) electrons. The molecule has 2 aromatic rings. The van der Waals surface area contributed by atoms with Crippen LogP contribution in [0.4, 0.5) is 0 Å². The second-order valence-corrected chi connectivity index (χ2v) is 9.50. The van der Waals surface area contributed by atoms with Crippen LogP contribution in [0, 0.1) is 5.92 Å². The van der Waals surface area contributed by atoms with Crippen LogP contribution in [-0.2, 0) is 31.9 Å². The van der Waals surface area contributed by atoms with Gasteiger partial charge in [-0.1, -0.05) is 69.3 Å². The van der Waals surface area contributed by atoms with Crippen molar-refractivity contribution >= 4 is 11.9 Å². The molecule has 2 atom stereocenters. The summed E-state index contributed by atoms with van der Waals surface area (Å²) in [6.07, 6.45) is 1.57. The Labute approximate surface area is 193 Å². The van der Waals surface area contributed by atoms with Gasteiger partial charge in [-0.25, -0.2) is 0 Å². The number of carbonyl (C=O) groups excluding carboxylic acids is 2. The van der Waals surface area contributed by atoms with E-state index < -0.39 is 17.5 Å². The Morgan fingerprint density at radius 2 is 1.25 bits per heavy atom. The largest absolute Gasteiger partial charge is 0.461 e. The van der Waals surface area contributed by atoms with Crippen molar-refractivity contribution in [2.24, 2.45) is 5.92 Å². The fourth-order valence-electron chi connectivity index (χ4n) is 3.74. The molecule has 0 fully saturated rings. The van der Waals surface area contributed by atoms with E-state index >= 15 is 0 Å². The molecular weight excluding hydrogens is 400 g/mol. The third-order valence-electron chi connectivity index (χ3n) is 5.56. The van der Waals surface area contributed by atoms with E-state index in [0.29, 0.717) is 0 Å². The molecule has 4 heteroatoms. The molecule has 0 spiro atoms. The molecule has 0 amide bonds. The summed E-state index contributed by atoms with van der Waals surface area (Å²) in [5.74, 6) is -1.44. The van der Waals surface area contributed by atoms with Crippen LogP contribution < -0.4 is 0 Å². The number of carbonyl (C=O) groups is 2. The van der Waals surface area contributed by atoms with Crippen molar-refractivity contribution in [1.29, 1.82) is 0 Å². The first kappa shape index (κ1) is 25.6. The molecule has 0 saturated heterocycles. The zero-order chi connectivity index (χ0) is 23.9. The van der Waals surface area contributed by atoms with E-state index in [9.17, 15) is 9.59 Å². The molecule has 4 nitrogen and oxygen atoms in total. The van der Waals surface area contributed by atoms with E-state index in [1.165, 1.54) is 11.1 Å². The van der Waals surface area contributed by atoms with Gasteiger partial charge in [0.05, 0.1) is 12.3 Å². The lowest BCUT2D eigenvalue weighted by atomic mass is 9.86. The van der Waals surface area contributed by atoms with Crippen molar-refractivity contribution in [2.45, 2.75) is 85.4 Å². The highest BCUT2D eigenvalue weighted by molar-refractivity contribution is 5.80. The first-order chi connectivity index (χ1) is 15.0. The monoisotopic (exact) mass is 438 g/mol. The van der Waals surface area contributed by atoms with Crippen molar-refractivity contribution < 1.29 is 19.1 Å². The Bertz CT molecular complexity index is 828. The Morgan fingerprint density at radius 1 is 0.812 bits per heavy atom. The Morgan fingerprint density at radius 3 is 1.62 bits per heavy atom. The van der Waals surface area contributed by atoms with Gasteiger partial charge in [0.1, 0.15) is 11.7 Å². The smallest absolute Gasteiger partial charge is 0.309 e.